The topological polar surface area (TPSA) is 122 Å². The Morgan fingerprint density at radius 3 is 2.36 bits per heavy atom. The van der Waals surface area contributed by atoms with E-state index >= 15 is 0 Å². The highest BCUT2D eigenvalue weighted by Crippen LogP contribution is 2.35. The van der Waals surface area contributed by atoms with Gasteiger partial charge in [-0.25, -0.2) is 4.98 Å². The van der Waals surface area contributed by atoms with Gasteiger partial charge < -0.3 is 24.3 Å². The van der Waals surface area contributed by atoms with Gasteiger partial charge in [-0.1, -0.05) is 12.1 Å². The summed E-state index contributed by atoms with van der Waals surface area (Å²) in [6, 6.07) is 16.8. The maximum Gasteiger partial charge on any atom is 0.347 e. The van der Waals surface area contributed by atoms with E-state index in [-0.39, 0.29) is 25.4 Å². The van der Waals surface area contributed by atoms with Crippen LogP contribution in [0.4, 0.5) is 15.8 Å². The molecule has 0 saturated carbocycles. The number of amides is 1. The maximum atomic E-state index is 14.3. The molecule has 0 fully saturated rings. The van der Waals surface area contributed by atoms with Crippen LogP contribution in [0.2, 0.25) is 0 Å². The molecule has 1 heterocycles. The highest BCUT2D eigenvalue weighted by Gasteiger charge is 2.28. The van der Waals surface area contributed by atoms with Gasteiger partial charge >= 0.3 is 5.69 Å². The molecule has 1 amide bonds. The van der Waals surface area contributed by atoms with Crippen LogP contribution >= 0.6 is 11.3 Å². The number of nitro benzene ring substituents is 1. The number of nitrogens with zero attached hydrogens (tertiary/aromatic N) is 2. The van der Waals surface area contributed by atoms with E-state index in [9.17, 15) is 19.3 Å². The predicted molar refractivity (Wildman–Crippen MR) is 145 cm³/mol. The first-order valence-electron chi connectivity index (χ1n) is 12.0. The zero-order valence-electron chi connectivity index (χ0n) is 21.1. The van der Waals surface area contributed by atoms with Crippen LogP contribution in [-0.2, 0) is 14.2 Å². The van der Waals surface area contributed by atoms with Gasteiger partial charge in [-0.15, -0.1) is 11.3 Å². The van der Waals surface area contributed by atoms with Crippen LogP contribution in [0.25, 0.3) is 20.8 Å². The quantitative estimate of drug-likeness (QED) is 0.126. The smallest absolute Gasteiger partial charge is 0.347 e. The van der Waals surface area contributed by atoms with Crippen molar-refractivity contribution in [2.24, 2.45) is 0 Å². The fourth-order valence-electron chi connectivity index (χ4n) is 3.60. The van der Waals surface area contributed by atoms with Crippen molar-refractivity contribution >= 4 is 38.8 Å². The summed E-state index contributed by atoms with van der Waals surface area (Å²) in [5.41, 5.74) is 1.12. The Morgan fingerprint density at radius 1 is 0.974 bits per heavy atom. The van der Waals surface area contributed by atoms with Gasteiger partial charge in [0.2, 0.25) is 11.6 Å². The minimum atomic E-state index is -1.11. The Bertz CT molecular complexity index is 1400. The summed E-state index contributed by atoms with van der Waals surface area (Å²) in [6.45, 7) is 1.39. The molecule has 0 aliphatic carbocycles. The number of thiazole rings is 1. The van der Waals surface area contributed by atoms with Crippen LogP contribution in [0, 0.1) is 15.9 Å². The van der Waals surface area contributed by atoms with E-state index in [0.29, 0.717) is 25.5 Å². The van der Waals surface area contributed by atoms with Crippen molar-refractivity contribution in [3.05, 3.63) is 82.2 Å². The van der Waals surface area contributed by atoms with Gasteiger partial charge in [-0.05, 0) is 48.5 Å². The van der Waals surface area contributed by atoms with Crippen LogP contribution in [-0.4, -0.2) is 62.6 Å². The first-order valence-corrected chi connectivity index (χ1v) is 12.8. The number of benzene rings is 3. The molecule has 0 spiro atoms. The number of nitrogens with one attached hydrogen (secondary N) is 1. The molecule has 12 heteroatoms. The third-order valence-electron chi connectivity index (χ3n) is 5.47. The minimum Gasteiger partial charge on any atom is -0.484 e. The number of halogens is 1. The SMILES string of the molecule is COCCOCCOCCOc1c(C(=O)Nc2ccc(-c3nc4ccccc4s3)cc2)ccc(F)c1[N+](=O)[O-]. The molecule has 4 rings (SSSR count). The van der Waals surface area contributed by atoms with E-state index in [1.165, 1.54) is 0 Å². The first-order chi connectivity index (χ1) is 19.0. The standard InChI is InChI=1S/C27H26FN3O7S/c1-35-12-13-36-14-15-37-16-17-38-25-20(10-11-21(28)24(25)31(33)34)26(32)29-19-8-6-18(7-9-19)27-30-22-4-2-3-5-23(22)39-27/h2-11H,12-17H2,1H3,(H,29,32). The lowest BCUT2D eigenvalue weighted by Gasteiger charge is -2.13. The zero-order chi connectivity index (χ0) is 27.6. The van der Waals surface area contributed by atoms with E-state index < -0.39 is 28.1 Å². The molecule has 10 nitrogen and oxygen atoms in total. The normalized spacial score (nSPS) is 11.0. The molecular formula is C27H26FN3O7S. The fourth-order valence-corrected chi connectivity index (χ4v) is 4.57. The number of ether oxygens (including phenoxy) is 4. The Kier molecular flexibility index (Phi) is 9.86. The largest absolute Gasteiger partial charge is 0.484 e. The summed E-state index contributed by atoms with van der Waals surface area (Å²) in [6.07, 6.45) is 0. The second-order valence-electron chi connectivity index (χ2n) is 8.11. The number of para-hydroxylation sites is 1. The number of anilines is 1. The average Bonchev–Trinajstić information content (AvgIpc) is 3.37. The molecule has 0 atom stereocenters. The van der Waals surface area contributed by atoms with Gasteiger partial charge in [0, 0.05) is 18.4 Å². The van der Waals surface area contributed by atoms with E-state index in [0.717, 1.165) is 32.9 Å². The van der Waals surface area contributed by atoms with Crippen LogP contribution in [0.3, 0.4) is 0 Å². The third kappa shape index (κ3) is 7.33. The van der Waals surface area contributed by atoms with E-state index in [2.05, 4.69) is 10.3 Å². The summed E-state index contributed by atoms with van der Waals surface area (Å²) in [5, 5.41) is 15.1. The zero-order valence-corrected chi connectivity index (χ0v) is 21.9. The lowest BCUT2D eigenvalue weighted by molar-refractivity contribution is -0.388. The summed E-state index contributed by atoms with van der Waals surface area (Å²) < 4.78 is 36.4. The summed E-state index contributed by atoms with van der Waals surface area (Å²) in [5.74, 6) is -2.27. The van der Waals surface area contributed by atoms with Crippen LogP contribution < -0.4 is 10.1 Å². The molecule has 0 aliphatic rings. The highest BCUT2D eigenvalue weighted by molar-refractivity contribution is 7.21. The van der Waals surface area contributed by atoms with Gasteiger partial charge in [0.1, 0.15) is 11.6 Å². The third-order valence-corrected chi connectivity index (χ3v) is 6.56. The van der Waals surface area contributed by atoms with Crippen molar-refractivity contribution in [3.8, 4) is 16.3 Å². The van der Waals surface area contributed by atoms with Crippen molar-refractivity contribution in [2.45, 2.75) is 0 Å². The first kappa shape index (κ1) is 28.0. The highest BCUT2D eigenvalue weighted by atomic mass is 32.1. The van der Waals surface area contributed by atoms with Crippen LogP contribution in [0.15, 0.2) is 60.7 Å². The number of hydrogen-bond acceptors (Lipinski definition) is 9. The second-order valence-corrected chi connectivity index (χ2v) is 9.14. The van der Waals surface area contributed by atoms with Gasteiger partial charge in [0.15, 0.2) is 0 Å². The number of carbonyl (C=O) groups excluding carboxylic acids is 1. The maximum absolute atomic E-state index is 14.3. The predicted octanol–water partition coefficient (Wildman–Crippen LogP) is 5.32. The molecule has 3 aromatic carbocycles. The number of hydrogen-bond donors (Lipinski definition) is 1. The number of nitro groups is 1. The number of aromatic nitrogens is 1. The molecular weight excluding hydrogens is 529 g/mol. The Hall–Kier alpha value is -3.97. The van der Waals surface area contributed by atoms with E-state index in [1.807, 2.05) is 36.4 Å². The van der Waals surface area contributed by atoms with Crippen LogP contribution in [0.1, 0.15) is 10.4 Å². The van der Waals surface area contributed by atoms with Crippen molar-refractivity contribution in [3.63, 3.8) is 0 Å². The Labute approximate surface area is 227 Å². The van der Waals surface area contributed by atoms with Gasteiger partial charge in [0.25, 0.3) is 5.91 Å². The second kappa shape index (κ2) is 13.7. The number of methoxy groups -OCH3 is 1. The molecule has 4 aromatic rings. The van der Waals surface area contributed by atoms with Crippen molar-refractivity contribution < 1.29 is 33.1 Å². The molecule has 0 radical (unpaired) electrons. The van der Waals surface area contributed by atoms with Gasteiger partial charge in [-0.3, -0.25) is 14.9 Å². The molecule has 39 heavy (non-hydrogen) atoms. The average molecular weight is 556 g/mol. The summed E-state index contributed by atoms with van der Waals surface area (Å²) >= 11 is 1.55. The lowest BCUT2D eigenvalue weighted by atomic mass is 10.1. The lowest BCUT2D eigenvalue weighted by Crippen LogP contribution is -2.17. The van der Waals surface area contributed by atoms with Gasteiger partial charge in [0.05, 0.1) is 53.7 Å². The van der Waals surface area contributed by atoms with Crippen LogP contribution in [0.5, 0.6) is 5.75 Å². The van der Waals surface area contributed by atoms with Gasteiger partial charge in [-0.2, -0.15) is 4.39 Å². The van der Waals surface area contributed by atoms with E-state index in [1.54, 1.807) is 30.6 Å². The monoisotopic (exact) mass is 555 g/mol. The molecule has 0 bridgehead atoms. The fraction of sp³-hybridized carbons (Fsp3) is 0.259. The van der Waals surface area contributed by atoms with Crippen molar-refractivity contribution in [2.75, 3.05) is 52.1 Å². The molecule has 204 valence electrons. The summed E-state index contributed by atoms with van der Waals surface area (Å²) in [7, 11) is 1.57. The summed E-state index contributed by atoms with van der Waals surface area (Å²) in [4.78, 5) is 28.3. The molecule has 0 aliphatic heterocycles. The number of carbonyl (C=O) groups is 1. The molecule has 1 N–H and O–H groups in total. The number of fused-ring (bicyclic) bond motifs is 1. The Morgan fingerprint density at radius 2 is 1.67 bits per heavy atom. The minimum absolute atomic E-state index is 0.0512. The Balaban J connectivity index is 1.42. The van der Waals surface area contributed by atoms with E-state index in [4.69, 9.17) is 18.9 Å². The molecule has 1 aromatic heterocycles. The number of rotatable bonds is 14. The van der Waals surface area contributed by atoms with Crippen molar-refractivity contribution in [1.29, 1.82) is 0 Å². The molecule has 0 unspecified atom stereocenters. The molecule has 0 saturated heterocycles. The van der Waals surface area contributed by atoms with Crippen molar-refractivity contribution in [1.82, 2.24) is 4.98 Å².